The average molecular weight is 334 g/mol. The van der Waals surface area contributed by atoms with Crippen LogP contribution in [0.15, 0.2) is 29.4 Å². The largest absolute Gasteiger partial charge is 0.508 e. The van der Waals surface area contributed by atoms with Crippen LogP contribution in [0.2, 0.25) is 0 Å². The Morgan fingerprint density at radius 1 is 1.35 bits per heavy atom. The molecule has 6 nitrogen and oxygen atoms in total. The normalized spacial score (nSPS) is 11.3. The number of methoxy groups -OCH3 is 1. The lowest BCUT2D eigenvalue weighted by molar-refractivity contribution is 0.410. The maximum Gasteiger partial charge on any atom is 0.191 e. The number of nitrogens with zero attached hydrogens (tertiary/aromatic N) is 2. The van der Waals surface area contributed by atoms with Crippen LogP contribution in [-0.4, -0.2) is 30.2 Å². The van der Waals surface area contributed by atoms with Crippen molar-refractivity contribution in [2.24, 2.45) is 4.99 Å². The molecule has 23 heavy (non-hydrogen) atoms. The highest BCUT2D eigenvalue weighted by Crippen LogP contribution is 2.22. The van der Waals surface area contributed by atoms with E-state index in [1.807, 2.05) is 6.20 Å². The number of thiazole rings is 1. The Hall–Kier alpha value is -2.28. The van der Waals surface area contributed by atoms with Gasteiger partial charge in [-0.25, -0.2) is 4.98 Å². The number of hydrogen-bond acceptors (Lipinski definition) is 5. The average Bonchev–Trinajstić information content (AvgIpc) is 3.04. The third-order valence-corrected chi connectivity index (χ3v) is 4.46. The lowest BCUT2D eigenvalue weighted by atomic mass is 10.2. The number of aromatic nitrogens is 1. The highest BCUT2D eigenvalue weighted by Gasteiger charge is 2.06. The second-order valence-corrected chi connectivity index (χ2v) is 6.05. The second kappa shape index (κ2) is 8.38. The molecule has 1 aromatic carbocycles. The highest BCUT2D eigenvalue weighted by atomic mass is 32.1. The summed E-state index contributed by atoms with van der Waals surface area (Å²) >= 11 is 1.69. The lowest BCUT2D eigenvalue weighted by Gasteiger charge is -2.12. The zero-order valence-electron chi connectivity index (χ0n) is 13.6. The fraction of sp³-hybridized carbons (Fsp3) is 0.375. The molecule has 0 saturated carbocycles. The SMILES string of the molecule is CCc1cnc(CNC(=NC)NCc2cc(OC)ccc2O)s1. The van der Waals surface area contributed by atoms with Gasteiger partial charge < -0.3 is 20.5 Å². The molecule has 0 aliphatic rings. The summed E-state index contributed by atoms with van der Waals surface area (Å²) in [5.41, 5.74) is 0.745. The van der Waals surface area contributed by atoms with Gasteiger partial charge in [0, 0.05) is 30.2 Å². The minimum absolute atomic E-state index is 0.223. The lowest BCUT2D eigenvalue weighted by Crippen LogP contribution is -2.36. The van der Waals surface area contributed by atoms with Gasteiger partial charge in [-0.05, 0) is 24.6 Å². The van der Waals surface area contributed by atoms with E-state index in [-0.39, 0.29) is 5.75 Å². The number of guanidine groups is 1. The molecule has 0 atom stereocenters. The Balaban J connectivity index is 1.90. The molecular formula is C16H22N4O2S. The number of phenolic OH excluding ortho intramolecular Hbond substituents is 1. The van der Waals surface area contributed by atoms with Gasteiger partial charge >= 0.3 is 0 Å². The molecular weight excluding hydrogens is 312 g/mol. The number of nitrogens with one attached hydrogen (secondary N) is 2. The van der Waals surface area contributed by atoms with Crippen molar-refractivity contribution < 1.29 is 9.84 Å². The minimum atomic E-state index is 0.223. The van der Waals surface area contributed by atoms with E-state index in [0.717, 1.165) is 17.0 Å². The van der Waals surface area contributed by atoms with Gasteiger partial charge in [-0.1, -0.05) is 6.92 Å². The molecule has 1 heterocycles. The molecule has 0 spiro atoms. The fourth-order valence-electron chi connectivity index (χ4n) is 1.98. The first-order valence-corrected chi connectivity index (χ1v) is 8.21. The summed E-state index contributed by atoms with van der Waals surface area (Å²) in [6, 6.07) is 5.14. The monoisotopic (exact) mass is 334 g/mol. The van der Waals surface area contributed by atoms with Crippen molar-refractivity contribution in [3.05, 3.63) is 39.8 Å². The molecule has 0 aliphatic heterocycles. The van der Waals surface area contributed by atoms with E-state index in [0.29, 0.717) is 24.8 Å². The molecule has 0 saturated heterocycles. The molecule has 124 valence electrons. The summed E-state index contributed by atoms with van der Waals surface area (Å²) in [4.78, 5) is 9.81. The number of benzene rings is 1. The molecule has 2 aromatic rings. The molecule has 3 N–H and O–H groups in total. The first kappa shape index (κ1) is 17.1. The second-order valence-electron chi connectivity index (χ2n) is 4.85. The highest BCUT2D eigenvalue weighted by molar-refractivity contribution is 7.11. The standard InChI is InChI=1S/C16H22N4O2S/c1-4-13-9-18-15(23-13)10-20-16(17-2)19-8-11-7-12(22-3)5-6-14(11)21/h5-7,9,21H,4,8,10H2,1-3H3,(H2,17,19,20). The number of aryl methyl sites for hydroxylation is 1. The molecule has 0 fully saturated rings. The van der Waals surface area contributed by atoms with Gasteiger partial charge in [-0.15, -0.1) is 11.3 Å². The van der Waals surface area contributed by atoms with Gasteiger partial charge in [0.05, 0.1) is 13.7 Å². The van der Waals surface area contributed by atoms with Crippen molar-refractivity contribution in [3.63, 3.8) is 0 Å². The van der Waals surface area contributed by atoms with E-state index in [1.54, 1.807) is 43.7 Å². The van der Waals surface area contributed by atoms with Crippen LogP contribution >= 0.6 is 11.3 Å². The summed E-state index contributed by atoms with van der Waals surface area (Å²) in [5.74, 6) is 1.58. The Bertz CT molecular complexity index is 670. The van der Waals surface area contributed by atoms with E-state index < -0.39 is 0 Å². The molecule has 0 unspecified atom stereocenters. The van der Waals surface area contributed by atoms with Crippen LogP contribution in [0.25, 0.3) is 0 Å². The van der Waals surface area contributed by atoms with Crippen LogP contribution in [0.5, 0.6) is 11.5 Å². The van der Waals surface area contributed by atoms with Crippen LogP contribution < -0.4 is 15.4 Å². The maximum absolute atomic E-state index is 9.89. The maximum atomic E-state index is 9.89. The summed E-state index contributed by atoms with van der Waals surface area (Å²) in [6.45, 7) is 3.18. The molecule has 0 aliphatic carbocycles. The fourth-order valence-corrected chi connectivity index (χ4v) is 2.78. The van der Waals surface area contributed by atoms with E-state index in [9.17, 15) is 5.11 Å². The van der Waals surface area contributed by atoms with Crippen LogP contribution in [0.3, 0.4) is 0 Å². The summed E-state index contributed by atoms with van der Waals surface area (Å²) in [5, 5.41) is 17.3. The molecule has 0 radical (unpaired) electrons. The minimum Gasteiger partial charge on any atom is -0.508 e. The predicted octanol–water partition coefficient (Wildman–Crippen LogP) is 2.28. The quantitative estimate of drug-likeness (QED) is 0.558. The van der Waals surface area contributed by atoms with Crippen LogP contribution in [0, 0.1) is 0 Å². The van der Waals surface area contributed by atoms with Crippen molar-refractivity contribution in [1.82, 2.24) is 15.6 Å². The van der Waals surface area contributed by atoms with Crippen molar-refractivity contribution in [2.75, 3.05) is 14.2 Å². The molecule has 0 bridgehead atoms. The van der Waals surface area contributed by atoms with E-state index in [4.69, 9.17) is 4.74 Å². The number of aliphatic imine (C=N–C) groups is 1. The third kappa shape index (κ3) is 4.85. The summed E-state index contributed by atoms with van der Waals surface area (Å²) in [6.07, 6.45) is 2.91. The van der Waals surface area contributed by atoms with Gasteiger partial charge in [-0.2, -0.15) is 0 Å². The Morgan fingerprint density at radius 3 is 2.78 bits per heavy atom. The molecule has 7 heteroatoms. The van der Waals surface area contributed by atoms with E-state index >= 15 is 0 Å². The van der Waals surface area contributed by atoms with Crippen LogP contribution in [0.1, 0.15) is 22.4 Å². The van der Waals surface area contributed by atoms with Gasteiger partial charge in [0.2, 0.25) is 0 Å². The van der Waals surface area contributed by atoms with Gasteiger partial charge in [0.15, 0.2) is 5.96 Å². The van der Waals surface area contributed by atoms with E-state index in [2.05, 4.69) is 27.5 Å². The number of ether oxygens (including phenoxy) is 1. The molecule has 0 amide bonds. The van der Waals surface area contributed by atoms with Crippen molar-refractivity contribution in [3.8, 4) is 11.5 Å². The zero-order chi connectivity index (χ0) is 16.7. The first-order chi connectivity index (χ1) is 11.2. The van der Waals surface area contributed by atoms with Gasteiger partial charge in [0.25, 0.3) is 0 Å². The summed E-state index contributed by atoms with van der Waals surface area (Å²) in [7, 11) is 3.31. The molecule has 2 rings (SSSR count). The van der Waals surface area contributed by atoms with Crippen molar-refractivity contribution in [1.29, 1.82) is 0 Å². The predicted molar refractivity (Wildman–Crippen MR) is 93.2 cm³/mol. The Labute approximate surface area is 140 Å². The third-order valence-electron chi connectivity index (χ3n) is 3.31. The topological polar surface area (TPSA) is 78.8 Å². The van der Waals surface area contributed by atoms with E-state index in [1.165, 1.54) is 4.88 Å². The Morgan fingerprint density at radius 2 is 2.13 bits per heavy atom. The number of hydrogen-bond donors (Lipinski definition) is 3. The zero-order valence-corrected chi connectivity index (χ0v) is 14.4. The Kier molecular flexibility index (Phi) is 6.22. The number of rotatable bonds is 6. The number of phenols is 1. The summed E-state index contributed by atoms with van der Waals surface area (Å²) < 4.78 is 5.17. The van der Waals surface area contributed by atoms with Crippen LogP contribution in [-0.2, 0) is 19.5 Å². The first-order valence-electron chi connectivity index (χ1n) is 7.40. The van der Waals surface area contributed by atoms with Gasteiger partial charge in [0.1, 0.15) is 16.5 Å². The number of aromatic hydroxyl groups is 1. The van der Waals surface area contributed by atoms with Crippen molar-refractivity contribution in [2.45, 2.75) is 26.4 Å². The van der Waals surface area contributed by atoms with Crippen LogP contribution in [0.4, 0.5) is 0 Å². The van der Waals surface area contributed by atoms with Gasteiger partial charge in [-0.3, -0.25) is 4.99 Å². The molecule has 1 aromatic heterocycles. The smallest absolute Gasteiger partial charge is 0.191 e. The van der Waals surface area contributed by atoms with Crippen molar-refractivity contribution >= 4 is 17.3 Å².